The molecule has 2 nitrogen and oxygen atoms in total. The molecule has 0 saturated carbocycles. The predicted octanol–water partition coefficient (Wildman–Crippen LogP) is 6.36. The van der Waals surface area contributed by atoms with Crippen molar-refractivity contribution in [1.29, 1.82) is 0 Å². The molecule has 26 heavy (non-hydrogen) atoms. The molecule has 0 bridgehead atoms. The van der Waals surface area contributed by atoms with Gasteiger partial charge in [0.15, 0.2) is 11.6 Å². The zero-order valence-corrected chi connectivity index (χ0v) is 16.5. The van der Waals surface area contributed by atoms with Crippen LogP contribution in [0.25, 0.3) is 0 Å². The van der Waals surface area contributed by atoms with Crippen molar-refractivity contribution in [3.63, 3.8) is 0 Å². The Morgan fingerprint density at radius 1 is 1.00 bits per heavy atom. The van der Waals surface area contributed by atoms with Gasteiger partial charge in [-0.3, -0.25) is 9.59 Å². The largest absolute Gasteiger partial charge is 0.294 e. The molecule has 132 valence electrons. The van der Waals surface area contributed by atoms with E-state index in [0.717, 1.165) is 9.77 Å². The molecule has 0 aliphatic rings. The number of halogens is 1. The molecule has 2 aromatic carbocycles. The third-order valence-electron chi connectivity index (χ3n) is 4.13. The van der Waals surface area contributed by atoms with Crippen LogP contribution in [0.5, 0.6) is 0 Å². The SMILES string of the molecule is CSc1ccc(C(=O)[C@H](CC(=O)c2ccc(Cl)cc2)c2cccs2)cc1. The first-order valence-corrected chi connectivity index (χ1v) is 10.6. The summed E-state index contributed by atoms with van der Waals surface area (Å²) in [7, 11) is 0. The highest BCUT2D eigenvalue weighted by molar-refractivity contribution is 7.98. The number of thioether (sulfide) groups is 1. The number of thiophene rings is 1. The van der Waals surface area contributed by atoms with E-state index in [1.54, 1.807) is 36.0 Å². The Morgan fingerprint density at radius 2 is 1.65 bits per heavy atom. The molecule has 0 spiro atoms. The van der Waals surface area contributed by atoms with Crippen LogP contribution in [0.15, 0.2) is 70.9 Å². The maximum Gasteiger partial charge on any atom is 0.171 e. The molecular formula is C21H17ClO2S2. The van der Waals surface area contributed by atoms with Crippen LogP contribution >= 0.6 is 34.7 Å². The molecule has 3 aromatic rings. The van der Waals surface area contributed by atoms with Crippen molar-refractivity contribution in [3.05, 3.63) is 87.1 Å². The fraction of sp³-hybridized carbons (Fsp3) is 0.143. The number of hydrogen-bond donors (Lipinski definition) is 0. The Kier molecular flexibility index (Phi) is 6.30. The minimum Gasteiger partial charge on any atom is -0.294 e. The minimum absolute atomic E-state index is 0.0255. The van der Waals surface area contributed by atoms with E-state index < -0.39 is 5.92 Å². The fourth-order valence-corrected chi connectivity index (χ4v) is 4.07. The lowest BCUT2D eigenvalue weighted by Gasteiger charge is -2.14. The fourth-order valence-electron chi connectivity index (χ4n) is 2.71. The van der Waals surface area contributed by atoms with Crippen molar-refractivity contribution in [2.24, 2.45) is 0 Å². The summed E-state index contributed by atoms with van der Waals surface area (Å²) in [6.45, 7) is 0. The highest BCUT2D eigenvalue weighted by atomic mass is 35.5. The Hall–Kier alpha value is -1.88. The Morgan fingerprint density at radius 3 is 2.23 bits per heavy atom. The zero-order chi connectivity index (χ0) is 18.5. The van der Waals surface area contributed by atoms with E-state index in [-0.39, 0.29) is 18.0 Å². The topological polar surface area (TPSA) is 34.1 Å². The monoisotopic (exact) mass is 400 g/mol. The second kappa shape index (κ2) is 8.67. The third kappa shape index (κ3) is 4.44. The summed E-state index contributed by atoms with van der Waals surface area (Å²) in [6, 6.07) is 18.2. The van der Waals surface area contributed by atoms with Crippen molar-refractivity contribution in [2.75, 3.05) is 6.26 Å². The van der Waals surface area contributed by atoms with Crippen molar-refractivity contribution >= 4 is 46.3 Å². The normalized spacial score (nSPS) is 11.9. The van der Waals surface area contributed by atoms with Gasteiger partial charge in [-0.25, -0.2) is 0 Å². The number of Topliss-reactive ketones (excluding diaryl/α,β-unsaturated/α-hetero) is 2. The molecular weight excluding hydrogens is 384 g/mol. The van der Waals surface area contributed by atoms with Gasteiger partial charge in [0.2, 0.25) is 0 Å². The van der Waals surface area contributed by atoms with Crippen LogP contribution in [0, 0.1) is 0 Å². The lowest BCUT2D eigenvalue weighted by Crippen LogP contribution is -2.16. The summed E-state index contributed by atoms with van der Waals surface area (Å²) >= 11 is 9.03. The Labute approximate surface area is 166 Å². The molecule has 1 atom stereocenters. The average molecular weight is 401 g/mol. The van der Waals surface area contributed by atoms with Crippen LogP contribution in [-0.4, -0.2) is 17.8 Å². The van der Waals surface area contributed by atoms with Crippen LogP contribution in [0.1, 0.15) is 37.9 Å². The van der Waals surface area contributed by atoms with Crippen molar-refractivity contribution in [3.8, 4) is 0 Å². The lowest BCUT2D eigenvalue weighted by molar-refractivity contribution is 0.0895. The van der Waals surface area contributed by atoms with Crippen molar-refractivity contribution < 1.29 is 9.59 Å². The first-order valence-electron chi connectivity index (χ1n) is 8.09. The first-order chi connectivity index (χ1) is 12.6. The second-order valence-corrected chi connectivity index (χ2v) is 8.09. The minimum atomic E-state index is -0.474. The molecule has 0 aliphatic heterocycles. The van der Waals surface area contributed by atoms with E-state index in [0.29, 0.717) is 16.1 Å². The molecule has 0 radical (unpaired) electrons. The number of hydrogen-bond acceptors (Lipinski definition) is 4. The van der Waals surface area contributed by atoms with Gasteiger partial charge in [0.25, 0.3) is 0 Å². The van der Waals surface area contributed by atoms with Crippen LogP contribution in [0.4, 0.5) is 0 Å². The van der Waals surface area contributed by atoms with Gasteiger partial charge >= 0.3 is 0 Å². The van der Waals surface area contributed by atoms with Crippen LogP contribution in [-0.2, 0) is 0 Å². The smallest absolute Gasteiger partial charge is 0.171 e. The predicted molar refractivity (Wildman–Crippen MR) is 110 cm³/mol. The van der Waals surface area contributed by atoms with Gasteiger partial charge in [-0.05, 0) is 54.1 Å². The number of carbonyl (C=O) groups excluding carboxylic acids is 2. The molecule has 0 aliphatic carbocycles. The van der Waals surface area contributed by atoms with Crippen LogP contribution < -0.4 is 0 Å². The van der Waals surface area contributed by atoms with Gasteiger partial charge < -0.3 is 0 Å². The van der Waals surface area contributed by atoms with Gasteiger partial charge in [0.05, 0.1) is 5.92 Å². The molecule has 0 unspecified atom stereocenters. The average Bonchev–Trinajstić information content (AvgIpc) is 3.20. The number of carbonyl (C=O) groups is 2. The summed E-state index contributed by atoms with van der Waals surface area (Å²) in [5.74, 6) is -0.560. The van der Waals surface area contributed by atoms with Crippen LogP contribution in [0.2, 0.25) is 5.02 Å². The highest BCUT2D eigenvalue weighted by Gasteiger charge is 2.26. The lowest BCUT2D eigenvalue weighted by atomic mass is 9.89. The Balaban J connectivity index is 1.86. The van der Waals surface area contributed by atoms with Gasteiger partial charge in [0.1, 0.15) is 0 Å². The summed E-state index contributed by atoms with van der Waals surface area (Å²) in [4.78, 5) is 27.8. The quantitative estimate of drug-likeness (QED) is 0.341. The molecule has 3 rings (SSSR count). The van der Waals surface area contributed by atoms with E-state index in [9.17, 15) is 9.59 Å². The number of benzene rings is 2. The molecule has 1 aromatic heterocycles. The molecule has 1 heterocycles. The maximum atomic E-state index is 13.1. The summed E-state index contributed by atoms with van der Waals surface area (Å²) in [5.41, 5.74) is 1.20. The summed E-state index contributed by atoms with van der Waals surface area (Å²) in [6.07, 6.45) is 2.14. The zero-order valence-electron chi connectivity index (χ0n) is 14.1. The van der Waals surface area contributed by atoms with Gasteiger partial charge in [-0.15, -0.1) is 23.1 Å². The molecule has 0 N–H and O–H groups in total. The van der Waals surface area contributed by atoms with E-state index in [2.05, 4.69) is 0 Å². The second-order valence-electron chi connectivity index (χ2n) is 5.79. The van der Waals surface area contributed by atoms with Gasteiger partial charge in [0, 0.05) is 32.3 Å². The number of ketones is 2. The van der Waals surface area contributed by atoms with Gasteiger partial charge in [-0.2, -0.15) is 0 Å². The van der Waals surface area contributed by atoms with Gasteiger partial charge in [-0.1, -0.05) is 29.8 Å². The number of rotatable bonds is 7. The summed E-state index contributed by atoms with van der Waals surface area (Å²) < 4.78 is 0. The third-order valence-corrected chi connectivity index (χ3v) is 6.11. The molecule has 5 heteroatoms. The molecule has 0 saturated heterocycles. The van der Waals surface area contributed by atoms with E-state index >= 15 is 0 Å². The van der Waals surface area contributed by atoms with E-state index in [4.69, 9.17) is 11.6 Å². The highest BCUT2D eigenvalue weighted by Crippen LogP contribution is 2.30. The van der Waals surface area contributed by atoms with E-state index in [1.165, 1.54) is 11.3 Å². The van der Waals surface area contributed by atoms with Crippen molar-refractivity contribution in [2.45, 2.75) is 17.2 Å². The molecule has 0 fully saturated rings. The summed E-state index contributed by atoms with van der Waals surface area (Å²) in [5, 5.41) is 2.51. The maximum absolute atomic E-state index is 13.1. The first kappa shape index (κ1) is 18.9. The standard InChI is InChI=1S/C21H17ClO2S2/c1-25-17-10-6-15(7-11-17)21(24)18(20-3-2-12-26-20)13-19(23)14-4-8-16(22)9-5-14/h2-12,18H,13H2,1H3/t18-/m1/s1. The molecule has 0 amide bonds. The van der Waals surface area contributed by atoms with Crippen molar-refractivity contribution in [1.82, 2.24) is 0 Å². The van der Waals surface area contributed by atoms with E-state index in [1.807, 2.05) is 48.0 Å². The van der Waals surface area contributed by atoms with Crippen LogP contribution in [0.3, 0.4) is 0 Å². The Bertz CT molecular complexity index is 885.